The van der Waals surface area contributed by atoms with E-state index in [9.17, 15) is 4.39 Å². The molecule has 0 radical (unpaired) electrons. The van der Waals surface area contributed by atoms with Crippen molar-refractivity contribution < 1.29 is 4.39 Å². The number of benzene rings is 1. The molecule has 0 spiro atoms. The molecule has 0 aliphatic rings. The summed E-state index contributed by atoms with van der Waals surface area (Å²) in [5.41, 5.74) is 2.23. The first-order valence-electron chi connectivity index (χ1n) is 5.34. The molecule has 0 amide bonds. The molecule has 1 heterocycles. The molecule has 1 aromatic carbocycles. The maximum Gasteiger partial charge on any atom is 0.123 e. The number of hydrogen-bond acceptors (Lipinski definition) is 2. The summed E-state index contributed by atoms with van der Waals surface area (Å²) in [5, 5.41) is 7.44. The Morgan fingerprint density at radius 2 is 2.24 bits per heavy atom. The van der Waals surface area contributed by atoms with Gasteiger partial charge in [-0.05, 0) is 58.0 Å². The number of likely N-dealkylation sites (N-methyl/N-ethyl adjacent to an activating group) is 1. The summed E-state index contributed by atoms with van der Waals surface area (Å²) in [7, 11) is 1.92. The van der Waals surface area contributed by atoms with E-state index in [1.54, 1.807) is 23.5 Å². The summed E-state index contributed by atoms with van der Waals surface area (Å²) < 4.78 is 14.2. The molecule has 17 heavy (non-hydrogen) atoms. The fourth-order valence-corrected chi connectivity index (χ4v) is 3.43. The van der Waals surface area contributed by atoms with E-state index >= 15 is 0 Å². The van der Waals surface area contributed by atoms with E-state index in [-0.39, 0.29) is 11.9 Å². The third-order valence-corrected chi connectivity index (χ3v) is 4.45. The highest BCUT2D eigenvalue weighted by Crippen LogP contribution is 2.29. The summed E-state index contributed by atoms with van der Waals surface area (Å²) in [6.07, 6.45) is 0.781. The van der Waals surface area contributed by atoms with E-state index in [0.29, 0.717) is 0 Å². The maximum atomic E-state index is 13.1. The summed E-state index contributed by atoms with van der Waals surface area (Å²) >= 11 is 5.19. The van der Waals surface area contributed by atoms with Crippen LogP contribution in [-0.4, -0.2) is 7.05 Å². The van der Waals surface area contributed by atoms with Crippen molar-refractivity contribution in [3.05, 3.63) is 56.4 Å². The van der Waals surface area contributed by atoms with Crippen molar-refractivity contribution in [2.45, 2.75) is 12.5 Å². The molecule has 1 unspecified atom stereocenters. The van der Waals surface area contributed by atoms with E-state index in [4.69, 9.17) is 0 Å². The Morgan fingerprint density at radius 1 is 1.41 bits per heavy atom. The van der Waals surface area contributed by atoms with Gasteiger partial charge in [0.05, 0.1) is 0 Å². The van der Waals surface area contributed by atoms with Crippen LogP contribution in [0.4, 0.5) is 4.39 Å². The lowest BCUT2D eigenvalue weighted by molar-refractivity contribution is 0.584. The lowest BCUT2D eigenvalue weighted by atomic mass is 10.0. The van der Waals surface area contributed by atoms with Gasteiger partial charge < -0.3 is 5.32 Å². The number of halogens is 2. The highest BCUT2D eigenvalue weighted by molar-refractivity contribution is 9.10. The minimum absolute atomic E-state index is 0.179. The highest BCUT2D eigenvalue weighted by Gasteiger charge is 2.14. The number of rotatable bonds is 4. The molecule has 1 aromatic heterocycles. The van der Waals surface area contributed by atoms with E-state index < -0.39 is 0 Å². The Labute approximate surface area is 113 Å². The third-order valence-electron chi connectivity index (χ3n) is 2.70. The van der Waals surface area contributed by atoms with Gasteiger partial charge in [-0.25, -0.2) is 4.39 Å². The topological polar surface area (TPSA) is 12.0 Å². The summed E-state index contributed by atoms with van der Waals surface area (Å²) in [6, 6.07) is 6.97. The molecule has 4 heteroatoms. The van der Waals surface area contributed by atoms with Crippen LogP contribution in [0.1, 0.15) is 17.2 Å². The second-order valence-corrected chi connectivity index (χ2v) is 5.45. The van der Waals surface area contributed by atoms with Gasteiger partial charge in [-0.1, -0.05) is 12.1 Å². The fourth-order valence-electron chi connectivity index (χ4n) is 1.81. The molecule has 0 aliphatic heterocycles. The Bertz CT molecular complexity index is 498. The quantitative estimate of drug-likeness (QED) is 0.894. The van der Waals surface area contributed by atoms with Crippen molar-refractivity contribution in [1.82, 2.24) is 5.32 Å². The molecular weight excluding hydrogens is 301 g/mol. The van der Waals surface area contributed by atoms with Crippen molar-refractivity contribution >= 4 is 27.3 Å². The molecule has 0 saturated carbocycles. The first kappa shape index (κ1) is 12.7. The molecule has 2 aromatic rings. The van der Waals surface area contributed by atoms with Crippen LogP contribution < -0.4 is 5.32 Å². The normalized spacial score (nSPS) is 12.6. The number of thiophene rings is 1. The molecule has 90 valence electrons. The van der Waals surface area contributed by atoms with E-state index in [1.807, 2.05) is 13.1 Å². The van der Waals surface area contributed by atoms with E-state index in [1.165, 1.54) is 11.6 Å². The van der Waals surface area contributed by atoms with Gasteiger partial charge in [0.2, 0.25) is 0 Å². The Kier molecular flexibility index (Phi) is 4.31. The second kappa shape index (κ2) is 5.76. The molecule has 0 saturated heterocycles. The molecule has 0 aliphatic carbocycles. The average Bonchev–Trinajstić information content (AvgIpc) is 2.72. The Hall–Kier alpha value is -0.710. The lowest BCUT2D eigenvalue weighted by Gasteiger charge is -2.16. The summed E-state index contributed by atoms with van der Waals surface area (Å²) in [4.78, 5) is 0. The SMILES string of the molecule is CNC(Cc1cccc(F)c1)c1cscc1Br. The van der Waals surface area contributed by atoms with Crippen LogP contribution in [0.25, 0.3) is 0 Å². The Morgan fingerprint density at radius 3 is 2.82 bits per heavy atom. The molecule has 0 bridgehead atoms. The van der Waals surface area contributed by atoms with Crippen LogP contribution in [0.15, 0.2) is 39.5 Å². The fraction of sp³-hybridized carbons (Fsp3) is 0.231. The standard InChI is InChI=1S/C13H13BrFNS/c1-16-13(11-7-17-8-12(11)14)6-9-3-2-4-10(15)5-9/h2-5,7-8,13,16H,6H2,1H3. The maximum absolute atomic E-state index is 13.1. The molecule has 2 rings (SSSR count). The van der Waals surface area contributed by atoms with Crippen molar-refractivity contribution in [3.63, 3.8) is 0 Å². The van der Waals surface area contributed by atoms with E-state index in [0.717, 1.165) is 16.5 Å². The highest BCUT2D eigenvalue weighted by atomic mass is 79.9. The largest absolute Gasteiger partial charge is 0.313 e. The predicted octanol–water partition coefficient (Wildman–Crippen LogP) is 4.15. The van der Waals surface area contributed by atoms with Crippen LogP contribution in [-0.2, 0) is 6.42 Å². The van der Waals surface area contributed by atoms with Gasteiger partial charge in [-0.15, -0.1) is 0 Å². The molecule has 1 N–H and O–H groups in total. The summed E-state index contributed by atoms with van der Waals surface area (Å²) in [5.74, 6) is -0.179. The zero-order valence-electron chi connectivity index (χ0n) is 9.41. The van der Waals surface area contributed by atoms with Gasteiger partial charge in [0.1, 0.15) is 5.82 Å². The van der Waals surface area contributed by atoms with Crippen LogP contribution in [0, 0.1) is 5.82 Å². The number of nitrogens with one attached hydrogen (secondary N) is 1. The first-order chi connectivity index (χ1) is 8.20. The van der Waals surface area contributed by atoms with Crippen LogP contribution in [0.5, 0.6) is 0 Å². The van der Waals surface area contributed by atoms with Crippen molar-refractivity contribution in [1.29, 1.82) is 0 Å². The lowest BCUT2D eigenvalue weighted by Crippen LogP contribution is -2.18. The first-order valence-corrected chi connectivity index (χ1v) is 7.07. The molecule has 1 nitrogen and oxygen atoms in total. The van der Waals surface area contributed by atoms with Crippen molar-refractivity contribution in [3.8, 4) is 0 Å². The van der Waals surface area contributed by atoms with Gasteiger partial charge in [-0.3, -0.25) is 0 Å². The average molecular weight is 314 g/mol. The molecule has 1 atom stereocenters. The molecule has 0 fully saturated rings. The van der Waals surface area contributed by atoms with Crippen LogP contribution >= 0.6 is 27.3 Å². The van der Waals surface area contributed by atoms with Crippen molar-refractivity contribution in [2.75, 3.05) is 7.05 Å². The van der Waals surface area contributed by atoms with Gasteiger partial charge in [0, 0.05) is 15.9 Å². The molecular formula is C13H13BrFNS. The minimum Gasteiger partial charge on any atom is -0.313 e. The zero-order chi connectivity index (χ0) is 12.3. The second-order valence-electron chi connectivity index (χ2n) is 3.85. The van der Waals surface area contributed by atoms with Gasteiger partial charge in [0.25, 0.3) is 0 Å². The Balaban J connectivity index is 2.19. The van der Waals surface area contributed by atoms with Gasteiger partial charge >= 0.3 is 0 Å². The number of hydrogen-bond donors (Lipinski definition) is 1. The smallest absolute Gasteiger partial charge is 0.123 e. The van der Waals surface area contributed by atoms with Crippen LogP contribution in [0.3, 0.4) is 0 Å². The monoisotopic (exact) mass is 313 g/mol. The van der Waals surface area contributed by atoms with Gasteiger partial charge in [0.15, 0.2) is 0 Å². The van der Waals surface area contributed by atoms with E-state index in [2.05, 4.69) is 32.0 Å². The summed E-state index contributed by atoms with van der Waals surface area (Å²) in [6.45, 7) is 0. The van der Waals surface area contributed by atoms with Crippen molar-refractivity contribution in [2.24, 2.45) is 0 Å². The third kappa shape index (κ3) is 3.15. The minimum atomic E-state index is -0.179. The van der Waals surface area contributed by atoms with Gasteiger partial charge in [-0.2, -0.15) is 11.3 Å². The zero-order valence-corrected chi connectivity index (χ0v) is 11.8. The predicted molar refractivity (Wildman–Crippen MR) is 73.9 cm³/mol. The van der Waals surface area contributed by atoms with Crippen LogP contribution in [0.2, 0.25) is 0 Å².